The molecule has 1 aliphatic rings. The second-order valence-electron chi connectivity index (χ2n) is 5.40. The van der Waals surface area contributed by atoms with Crippen LogP contribution in [-0.4, -0.2) is 16.7 Å². The summed E-state index contributed by atoms with van der Waals surface area (Å²) in [5.41, 5.74) is 0. The van der Waals surface area contributed by atoms with Crippen LogP contribution in [0.4, 0.5) is 0 Å². The van der Waals surface area contributed by atoms with Crippen LogP contribution in [0, 0.1) is 5.92 Å². The number of hydrogen-bond donors (Lipinski definition) is 1. The SMILES string of the molecule is CC1CCNC(c2nc(CSc3ccccc3Cl)no2)C1. The highest BCUT2D eigenvalue weighted by atomic mass is 35.5. The molecule has 1 N–H and O–H groups in total. The number of rotatable bonds is 4. The number of thioether (sulfide) groups is 1. The second-order valence-corrected chi connectivity index (χ2v) is 6.83. The molecular formula is C15H18ClN3OS. The predicted molar refractivity (Wildman–Crippen MR) is 84.5 cm³/mol. The molecule has 112 valence electrons. The molecule has 0 bridgehead atoms. The molecule has 0 saturated carbocycles. The zero-order valence-corrected chi connectivity index (χ0v) is 13.5. The highest BCUT2D eigenvalue weighted by molar-refractivity contribution is 7.98. The minimum atomic E-state index is 0.195. The lowest BCUT2D eigenvalue weighted by atomic mass is 9.94. The molecule has 0 spiro atoms. The molecule has 2 atom stereocenters. The van der Waals surface area contributed by atoms with Gasteiger partial charge in [-0.15, -0.1) is 11.8 Å². The Hall–Kier alpha value is -1.04. The number of halogens is 1. The van der Waals surface area contributed by atoms with Crippen molar-refractivity contribution in [3.05, 3.63) is 41.0 Å². The number of nitrogens with zero attached hydrogens (tertiary/aromatic N) is 2. The van der Waals surface area contributed by atoms with Gasteiger partial charge in [0, 0.05) is 4.90 Å². The van der Waals surface area contributed by atoms with Crippen LogP contribution >= 0.6 is 23.4 Å². The molecule has 0 radical (unpaired) electrons. The van der Waals surface area contributed by atoms with Crippen LogP contribution in [0.15, 0.2) is 33.7 Å². The number of aromatic nitrogens is 2. The second kappa shape index (κ2) is 6.81. The minimum Gasteiger partial charge on any atom is -0.338 e. The Morgan fingerprint density at radius 2 is 2.29 bits per heavy atom. The fraction of sp³-hybridized carbons (Fsp3) is 0.467. The summed E-state index contributed by atoms with van der Waals surface area (Å²) >= 11 is 7.76. The monoisotopic (exact) mass is 323 g/mol. The van der Waals surface area contributed by atoms with Gasteiger partial charge in [0.2, 0.25) is 5.89 Å². The number of benzene rings is 1. The van der Waals surface area contributed by atoms with E-state index in [0.29, 0.717) is 17.6 Å². The van der Waals surface area contributed by atoms with Crippen molar-refractivity contribution in [3.8, 4) is 0 Å². The first-order valence-electron chi connectivity index (χ1n) is 7.15. The van der Waals surface area contributed by atoms with Gasteiger partial charge in [-0.1, -0.05) is 35.8 Å². The zero-order chi connectivity index (χ0) is 14.7. The van der Waals surface area contributed by atoms with Crippen LogP contribution in [0.1, 0.15) is 37.5 Å². The first-order chi connectivity index (χ1) is 10.2. The van der Waals surface area contributed by atoms with Gasteiger partial charge in [0.05, 0.1) is 16.8 Å². The third-order valence-electron chi connectivity index (χ3n) is 3.64. The van der Waals surface area contributed by atoms with Crippen molar-refractivity contribution in [1.29, 1.82) is 0 Å². The van der Waals surface area contributed by atoms with E-state index < -0.39 is 0 Å². The summed E-state index contributed by atoms with van der Waals surface area (Å²) in [6.45, 7) is 3.27. The van der Waals surface area contributed by atoms with Crippen molar-refractivity contribution < 1.29 is 4.52 Å². The fourth-order valence-electron chi connectivity index (χ4n) is 2.47. The van der Waals surface area contributed by atoms with Crippen molar-refractivity contribution in [2.45, 2.75) is 36.5 Å². The smallest absolute Gasteiger partial charge is 0.243 e. The highest BCUT2D eigenvalue weighted by Crippen LogP contribution is 2.30. The maximum Gasteiger partial charge on any atom is 0.243 e. The van der Waals surface area contributed by atoms with Crippen LogP contribution in [0.2, 0.25) is 5.02 Å². The van der Waals surface area contributed by atoms with E-state index in [4.69, 9.17) is 16.1 Å². The van der Waals surface area contributed by atoms with Crippen molar-refractivity contribution in [3.63, 3.8) is 0 Å². The third-order valence-corrected chi connectivity index (χ3v) is 5.15. The molecule has 21 heavy (non-hydrogen) atoms. The molecule has 0 aliphatic carbocycles. The first-order valence-corrected chi connectivity index (χ1v) is 8.52. The van der Waals surface area contributed by atoms with E-state index >= 15 is 0 Å². The predicted octanol–water partition coefficient (Wildman–Crippen LogP) is 4.08. The van der Waals surface area contributed by atoms with E-state index in [1.165, 1.54) is 6.42 Å². The fourth-order valence-corrected chi connectivity index (χ4v) is 3.55. The van der Waals surface area contributed by atoms with Crippen molar-refractivity contribution in [2.24, 2.45) is 5.92 Å². The molecule has 2 unspecified atom stereocenters. The summed E-state index contributed by atoms with van der Waals surface area (Å²) in [6, 6.07) is 7.98. The van der Waals surface area contributed by atoms with Gasteiger partial charge in [-0.3, -0.25) is 0 Å². The van der Waals surface area contributed by atoms with Crippen LogP contribution in [0.5, 0.6) is 0 Å². The maximum atomic E-state index is 6.14. The summed E-state index contributed by atoms with van der Waals surface area (Å²) in [5.74, 6) is 2.78. The molecule has 4 nitrogen and oxygen atoms in total. The molecule has 3 rings (SSSR count). The third kappa shape index (κ3) is 3.78. The molecule has 1 fully saturated rings. The Morgan fingerprint density at radius 1 is 1.43 bits per heavy atom. The molecule has 0 amide bonds. The first kappa shape index (κ1) is 14.9. The lowest BCUT2D eigenvalue weighted by molar-refractivity contribution is 0.259. The van der Waals surface area contributed by atoms with Gasteiger partial charge in [0.15, 0.2) is 5.82 Å². The van der Waals surface area contributed by atoms with Gasteiger partial charge in [-0.25, -0.2) is 0 Å². The lowest BCUT2D eigenvalue weighted by Gasteiger charge is -2.25. The van der Waals surface area contributed by atoms with Gasteiger partial charge in [0.25, 0.3) is 0 Å². The lowest BCUT2D eigenvalue weighted by Crippen LogP contribution is -2.30. The molecular weight excluding hydrogens is 306 g/mol. The van der Waals surface area contributed by atoms with E-state index in [9.17, 15) is 0 Å². The van der Waals surface area contributed by atoms with E-state index in [2.05, 4.69) is 22.4 Å². The molecule has 1 saturated heterocycles. The molecule has 1 aromatic carbocycles. The standard InChI is InChI=1S/C15H18ClN3OS/c1-10-6-7-17-12(8-10)15-18-14(19-20-15)9-21-13-5-3-2-4-11(13)16/h2-5,10,12,17H,6-9H2,1H3. The average molecular weight is 324 g/mol. The van der Waals surface area contributed by atoms with Crippen LogP contribution in [0.3, 0.4) is 0 Å². The summed E-state index contributed by atoms with van der Waals surface area (Å²) in [4.78, 5) is 5.55. The van der Waals surface area contributed by atoms with Gasteiger partial charge in [-0.05, 0) is 37.4 Å². The van der Waals surface area contributed by atoms with E-state index in [0.717, 1.165) is 28.7 Å². The Balaban J connectivity index is 1.61. The Bertz CT molecular complexity index is 604. The quantitative estimate of drug-likeness (QED) is 0.859. The maximum absolute atomic E-state index is 6.14. The number of hydrogen-bond acceptors (Lipinski definition) is 5. The average Bonchev–Trinajstić information content (AvgIpc) is 2.95. The van der Waals surface area contributed by atoms with Gasteiger partial charge in [0.1, 0.15) is 0 Å². The Labute approximate surface area is 133 Å². The van der Waals surface area contributed by atoms with E-state index in [1.54, 1.807) is 11.8 Å². The Kier molecular flexibility index (Phi) is 4.83. The van der Waals surface area contributed by atoms with E-state index in [1.807, 2.05) is 24.3 Å². The minimum absolute atomic E-state index is 0.195. The van der Waals surface area contributed by atoms with E-state index in [-0.39, 0.29) is 6.04 Å². The van der Waals surface area contributed by atoms with Crippen molar-refractivity contribution in [2.75, 3.05) is 6.54 Å². The summed E-state index contributed by atoms with van der Waals surface area (Å²) in [5, 5.41) is 8.27. The highest BCUT2D eigenvalue weighted by Gasteiger charge is 2.24. The largest absolute Gasteiger partial charge is 0.338 e. The summed E-state index contributed by atoms with van der Waals surface area (Å²) < 4.78 is 5.40. The topological polar surface area (TPSA) is 51.0 Å². The van der Waals surface area contributed by atoms with Crippen molar-refractivity contribution in [1.82, 2.24) is 15.5 Å². The van der Waals surface area contributed by atoms with Crippen LogP contribution in [0.25, 0.3) is 0 Å². The summed E-state index contributed by atoms with van der Waals surface area (Å²) in [7, 11) is 0. The number of nitrogens with one attached hydrogen (secondary N) is 1. The molecule has 1 aromatic heterocycles. The summed E-state index contributed by atoms with van der Waals surface area (Å²) in [6.07, 6.45) is 2.26. The Morgan fingerprint density at radius 3 is 3.10 bits per heavy atom. The van der Waals surface area contributed by atoms with Gasteiger partial charge in [-0.2, -0.15) is 4.98 Å². The molecule has 1 aliphatic heterocycles. The number of piperidine rings is 1. The van der Waals surface area contributed by atoms with Gasteiger partial charge >= 0.3 is 0 Å². The molecule has 6 heteroatoms. The molecule has 2 heterocycles. The zero-order valence-electron chi connectivity index (χ0n) is 11.9. The van der Waals surface area contributed by atoms with Crippen LogP contribution < -0.4 is 5.32 Å². The van der Waals surface area contributed by atoms with Crippen LogP contribution in [-0.2, 0) is 5.75 Å². The molecule has 2 aromatic rings. The van der Waals surface area contributed by atoms with Crippen molar-refractivity contribution >= 4 is 23.4 Å². The van der Waals surface area contributed by atoms with Gasteiger partial charge < -0.3 is 9.84 Å². The normalized spacial score (nSPS) is 22.4.